The minimum atomic E-state index is -4.56. The lowest BCUT2D eigenvalue weighted by Crippen LogP contribution is -2.59. The second kappa shape index (κ2) is 8.94. The molecule has 1 unspecified atom stereocenters. The van der Waals surface area contributed by atoms with E-state index in [4.69, 9.17) is 17.3 Å². The molecule has 0 bridgehead atoms. The van der Waals surface area contributed by atoms with Gasteiger partial charge < -0.3 is 15.5 Å². The summed E-state index contributed by atoms with van der Waals surface area (Å²) < 4.78 is 40.7. The Morgan fingerprint density at radius 2 is 1.88 bits per heavy atom. The van der Waals surface area contributed by atoms with Crippen LogP contribution in [0.4, 0.5) is 19.0 Å². The van der Waals surface area contributed by atoms with Crippen molar-refractivity contribution in [3.63, 3.8) is 0 Å². The molecule has 7 nitrogen and oxygen atoms in total. The standard InChI is InChI=1S/C23H19ClF3N5O2/c1-2-20(33)32-8-7-31(11-19(32)21(28)34)22-15-9-17(24)14(10-18(15)29-12-30-22)13-5-3-4-6-16(13)23(25,26)27/h2-6,9-10,12,19H,1,7-8,11H2,(H2,28,34). The highest BCUT2D eigenvalue weighted by molar-refractivity contribution is 6.34. The van der Waals surface area contributed by atoms with Crippen molar-refractivity contribution in [2.24, 2.45) is 5.73 Å². The van der Waals surface area contributed by atoms with E-state index < -0.39 is 29.6 Å². The number of halogens is 4. The summed E-state index contributed by atoms with van der Waals surface area (Å²) in [7, 11) is 0. The Bertz CT molecular complexity index is 1300. The van der Waals surface area contributed by atoms with E-state index in [0.717, 1.165) is 12.1 Å². The number of hydrogen-bond donors (Lipinski definition) is 1. The van der Waals surface area contributed by atoms with Gasteiger partial charge in [-0.15, -0.1) is 0 Å². The maximum Gasteiger partial charge on any atom is 0.417 e. The molecule has 1 aliphatic rings. The van der Waals surface area contributed by atoms with E-state index in [9.17, 15) is 22.8 Å². The van der Waals surface area contributed by atoms with Crippen molar-refractivity contribution < 1.29 is 22.8 Å². The Kier molecular flexibility index (Phi) is 6.18. The Morgan fingerprint density at radius 3 is 2.56 bits per heavy atom. The van der Waals surface area contributed by atoms with E-state index in [2.05, 4.69) is 16.5 Å². The fourth-order valence-corrected chi connectivity index (χ4v) is 4.35. The van der Waals surface area contributed by atoms with Crippen LogP contribution >= 0.6 is 11.6 Å². The van der Waals surface area contributed by atoms with E-state index in [0.29, 0.717) is 23.3 Å². The van der Waals surface area contributed by atoms with E-state index in [1.807, 2.05) is 0 Å². The molecule has 4 rings (SSSR count). The zero-order valence-electron chi connectivity index (χ0n) is 17.7. The van der Waals surface area contributed by atoms with Gasteiger partial charge in [0.15, 0.2) is 0 Å². The SMILES string of the molecule is C=CC(=O)N1CCN(c2ncnc3cc(-c4ccccc4C(F)(F)F)c(Cl)cc23)CC1C(N)=O. The van der Waals surface area contributed by atoms with Crippen molar-refractivity contribution in [3.8, 4) is 11.1 Å². The largest absolute Gasteiger partial charge is 0.417 e. The first kappa shape index (κ1) is 23.5. The fourth-order valence-electron chi connectivity index (χ4n) is 4.09. The van der Waals surface area contributed by atoms with Crippen molar-refractivity contribution in [2.45, 2.75) is 12.2 Å². The molecule has 1 aliphatic heterocycles. The molecule has 1 fully saturated rings. The smallest absolute Gasteiger partial charge is 0.368 e. The Hall–Kier alpha value is -3.66. The van der Waals surface area contributed by atoms with Crippen LogP contribution in [0.1, 0.15) is 5.56 Å². The highest BCUT2D eigenvalue weighted by Crippen LogP contribution is 2.41. The third-order valence-electron chi connectivity index (χ3n) is 5.69. The lowest BCUT2D eigenvalue weighted by Gasteiger charge is -2.40. The second-order valence-corrected chi connectivity index (χ2v) is 8.10. The topological polar surface area (TPSA) is 92.4 Å². The summed E-state index contributed by atoms with van der Waals surface area (Å²) in [6.07, 6.45) is -2.16. The molecule has 1 atom stereocenters. The number of carbonyl (C=O) groups excluding carboxylic acids is 2. The summed E-state index contributed by atoms with van der Waals surface area (Å²) in [5.74, 6) is -0.658. The van der Waals surface area contributed by atoms with Crippen molar-refractivity contribution in [2.75, 3.05) is 24.5 Å². The van der Waals surface area contributed by atoms with Gasteiger partial charge in [0.25, 0.3) is 0 Å². The molecule has 34 heavy (non-hydrogen) atoms. The molecule has 2 N–H and O–H groups in total. The van der Waals surface area contributed by atoms with Gasteiger partial charge >= 0.3 is 6.18 Å². The summed E-state index contributed by atoms with van der Waals surface area (Å²) in [4.78, 5) is 35.8. The normalized spacial score (nSPS) is 16.5. The van der Waals surface area contributed by atoms with Gasteiger partial charge in [-0.3, -0.25) is 9.59 Å². The lowest BCUT2D eigenvalue weighted by atomic mass is 9.98. The maximum atomic E-state index is 13.6. The minimum absolute atomic E-state index is 0.0626. The van der Waals surface area contributed by atoms with Crippen LogP contribution in [0.2, 0.25) is 5.02 Å². The number of alkyl halides is 3. The molecule has 0 saturated carbocycles. The van der Waals surface area contributed by atoms with E-state index in [1.165, 1.54) is 41.6 Å². The minimum Gasteiger partial charge on any atom is -0.368 e. The van der Waals surface area contributed by atoms with Crippen molar-refractivity contribution in [1.82, 2.24) is 14.9 Å². The predicted molar refractivity (Wildman–Crippen MR) is 122 cm³/mol. The molecule has 11 heteroatoms. The summed E-state index contributed by atoms with van der Waals surface area (Å²) in [5.41, 5.74) is 5.21. The van der Waals surface area contributed by atoms with Gasteiger partial charge in [0.1, 0.15) is 18.2 Å². The molecule has 0 spiro atoms. The van der Waals surface area contributed by atoms with Crippen LogP contribution in [0.25, 0.3) is 22.0 Å². The summed E-state index contributed by atoms with van der Waals surface area (Å²) in [6, 6.07) is 7.25. The van der Waals surface area contributed by atoms with Gasteiger partial charge in [-0.25, -0.2) is 9.97 Å². The molecule has 1 saturated heterocycles. The quantitative estimate of drug-likeness (QED) is 0.565. The number of nitrogens with zero attached hydrogens (tertiary/aromatic N) is 4. The van der Waals surface area contributed by atoms with Gasteiger partial charge in [0, 0.05) is 35.6 Å². The zero-order valence-corrected chi connectivity index (χ0v) is 18.5. The number of nitrogens with two attached hydrogens (primary N) is 1. The first-order valence-electron chi connectivity index (χ1n) is 10.2. The zero-order chi connectivity index (χ0) is 24.6. The first-order valence-corrected chi connectivity index (χ1v) is 10.6. The molecule has 176 valence electrons. The number of carbonyl (C=O) groups is 2. The predicted octanol–water partition coefficient (Wildman–Crippen LogP) is 3.66. The maximum absolute atomic E-state index is 13.6. The molecule has 0 radical (unpaired) electrons. The molecule has 1 aromatic heterocycles. The van der Waals surface area contributed by atoms with Crippen LogP contribution in [0.3, 0.4) is 0 Å². The molecule has 0 aliphatic carbocycles. The number of aromatic nitrogens is 2. The average Bonchev–Trinajstić information content (AvgIpc) is 2.82. The average molecular weight is 490 g/mol. The van der Waals surface area contributed by atoms with Crippen molar-refractivity contribution in [3.05, 3.63) is 66.0 Å². The molecular weight excluding hydrogens is 471 g/mol. The number of benzene rings is 2. The van der Waals surface area contributed by atoms with Crippen LogP contribution in [-0.2, 0) is 15.8 Å². The third kappa shape index (κ3) is 4.28. The monoisotopic (exact) mass is 489 g/mol. The van der Waals surface area contributed by atoms with Crippen molar-refractivity contribution >= 4 is 40.1 Å². The number of anilines is 1. The van der Waals surface area contributed by atoms with E-state index >= 15 is 0 Å². The van der Waals surface area contributed by atoms with Gasteiger partial charge in [0.2, 0.25) is 11.8 Å². The number of piperazine rings is 1. The second-order valence-electron chi connectivity index (χ2n) is 7.69. The summed E-state index contributed by atoms with van der Waals surface area (Å²) >= 11 is 6.45. The van der Waals surface area contributed by atoms with Gasteiger partial charge in [-0.1, -0.05) is 36.4 Å². The van der Waals surface area contributed by atoms with Crippen LogP contribution < -0.4 is 10.6 Å². The van der Waals surface area contributed by atoms with Gasteiger partial charge in [-0.05, 0) is 29.8 Å². The number of primary amides is 1. The summed E-state index contributed by atoms with van der Waals surface area (Å²) in [6.45, 7) is 4.07. The molecule has 3 aromatic rings. The Balaban J connectivity index is 1.77. The van der Waals surface area contributed by atoms with E-state index in [1.54, 1.807) is 4.90 Å². The Morgan fingerprint density at radius 1 is 1.15 bits per heavy atom. The highest BCUT2D eigenvalue weighted by atomic mass is 35.5. The van der Waals surface area contributed by atoms with Crippen molar-refractivity contribution in [1.29, 1.82) is 0 Å². The van der Waals surface area contributed by atoms with Gasteiger partial charge in [0.05, 0.1) is 11.1 Å². The number of rotatable bonds is 4. The van der Waals surface area contributed by atoms with Crippen LogP contribution in [0.15, 0.2) is 55.4 Å². The first-order chi connectivity index (χ1) is 16.1. The van der Waals surface area contributed by atoms with Crippen LogP contribution in [0.5, 0.6) is 0 Å². The molecular formula is C23H19ClF3N5O2. The molecule has 2 aromatic carbocycles. The lowest BCUT2D eigenvalue weighted by molar-refractivity contribution is -0.137. The summed E-state index contributed by atoms with van der Waals surface area (Å²) in [5, 5.41) is 0.583. The molecule has 2 amide bonds. The van der Waals surface area contributed by atoms with E-state index in [-0.39, 0.29) is 29.2 Å². The van der Waals surface area contributed by atoms with Gasteiger partial charge in [-0.2, -0.15) is 13.2 Å². The number of hydrogen-bond acceptors (Lipinski definition) is 5. The number of amides is 2. The Labute approximate surface area is 197 Å². The highest BCUT2D eigenvalue weighted by Gasteiger charge is 2.35. The van der Waals surface area contributed by atoms with Crippen LogP contribution in [-0.4, -0.2) is 52.4 Å². The number of fused-ring (bicyclic) bond motifs is 1. The van der Waals surface area contributed by atoms with Crippen LogP contribution in [0, 0.1) is 0 Å². The molecule has 2 heterocycles. The third-order valence-corrected chi connectivity index (χ3v) is 6.00. The fraction of sp³-hybridized carbons (Fsp3) is 0.217.